The highest BCUT2D eigenvalue weighted by atomic mass is 16.7. The van der Waals surface area contributed by atoms with E-state index < -0.39 is 0 Å². The Kier molecular flexibility index (Phi) is 2.78. The van der Waals surface area contributed by atoms with Gasteiger partial charge in [-0.1, -0.05) is 6.07 Å². The van der Waals surface area contributed by atoms with E-state index in [4.69, 9.17) is 14.6 Å². The minimum atomic E-state index is 0.238. The van der Waals surface area contributed by atoms with Crippen molar-refractivity contribution in [3.63, 3.8) is 0 Å². The predicted molar refractivity (Wildman–Crippen MR) is 83.6 cm³/mol. The largest absolute Gasteiger partial charge is 0.497 e. The first-order valence-electron chi connectivity index (χ1n) is 8.48. The average Bonchev–Trinajstić information content (AvgIpc) is 2.93. The van der Waals surface area contributed by atoms with E-state index in [1.54, 1.807) is 7.11 Å². The number of benzene rings is 1. The van der Waals surface area contributed by atoms with Crippen molar-refractivity contribution in [3.8, 4) is 5.75 Å². The van der Waals surface area contributed by atoms with Crippen LogP contribution in [-0.2, 0) is 4.84 Å². The fourth-order valence-electron chi connectivity index (χ4n) is 5.16. The van der Waals surface area contributed by atoms with Gasteiger partial charge in [0, 0.05) is 11.6 Å². The molecule has 1 aromatic carbocycles. The zero-order valence-corrected chi connectivity index (χ0v) is 12.9. The van der Waals surface area contributed by atoms with Crippen molar-refractivity contribution < 1.29 is 9.57 Å². The lowest BCUT2D eigenvalue weighted by molar-refractivity contribution is -0.126. The first kappa shape index (κ1) is 12.9. The number of aliphatic imine (C=N–C) groups is 1. The van der Waals surface area contributed by atoms with Crippen LogP contribution in [0, 0.1) is 17.8 Å². The molecule has 2 saturated heterocycles. The van der Waals surface area contributed by atoms with Crippen LogP contribution in [0.2, 0.25) is 0 Å². The molecule has 1 aromatic rings. The third kappa shape index (κ3) is 1.89. The summed E-state index contributed by atoms with van der Waals surface area (Å²) in [4.78, 5) is 11.2. The minimum absolute atomic E-state index is 0.238. The maximum atomic E-state index is 6.24. The lowest BCUT2D eigenvalue weighted by Crippen LogP contribution is -2.40. The lowest BCUT2D eigenvalue weighted by atomic mass is 9.68. The van der Waals surface area contributed by atoms with Gasteiger partial charge in [0.25, 0.3) is 0 Å². The summed E-state index contributed by atoms with van der Waals surface area (Å²) < 4.78 is 5.32. The highest BCUT2D eigenvalue weighted by Crippen LogP contribution is 2.51. The first-order valence-corrected chi connectivity index (χ1v) is 8.48. The average molecular weight is 298 g/mol. The third-order valence-electron chi connectivity index (χ3n) is 5.95. The Morgan fingerprint density at radius 3 is 2.73 bits per heavy atom. The van der Waals surface area contributed by atoms with Gasteiger partial charge >= 0.3 is 0 Å². The van der Waals surface area contributed by atoms with Crippen LogP contribution in [0.4, 0.5) is 0 Å². The summed E-state index contributed by atoms with van der Waals surface area (Å²) in [6, 6.07) is 8.59. The number of nitrogens with zero attached hydrogens (tertiary/aromatic N) is 2. The molecule has 0 N–H and O–H groups in total. The topological polar surface area (TPSA) is 34.1 Å². The number of hydroxylamine groups is 2. The standard InChI is InChI=1S/C18H22N2O2/c1-21-16-4-2-3-13(10-16)18-19-17-14-6-11-5-12(7-14)9-15(8-11)20(17)22-18/h2-4,10-12,14-15,17H,5-9H2,1H3/t11-,12+,14?,15?,17?. The molecule has 4 nitrogen and oxygen atoms in total. The zero-order chi connectivity index (χ0) is 14.7. The Balaban J connectivity index is 1.49. The van der Waals surface area contributed by atoms with E-state index in [-0.39, 0.29) is 6.17 Å². The lowest BCUT2D eigenvalue weighted by Gasteiger charge is -2.38. The molecule has 0 aromatic heterocycles. The molecule has 4 heteroatoms. The number of hydrogen-bond donors (Lipinski definition) is 0. The molecule has 0 spiro atoms. The molecule has 3 unspecified atom stereocenters. The van der Waals surface area contributed by atoms with Gasteiger partial charge < -0.3 is 9.57 Å². The van der Waals surface area contributed by atoms with E-state index in [0.29, 0.717) is 12.0 Å². The van der Waals surface area contributed by atoms with Gasteiger partial charge in [0.15, 0.2) is 0 Å². The van der Waals surface area contributed by atoms with Crippen molar-refractivity contribution in [2.75, 3.05) is 7.11 Å². The summed E-state index contributed by atoms with van der Waals surface area (Å²) >= 11 is 0. The monoisotopic (exact) mass is 298 g/mol. The van der Waals surface area contributed by atoms with E-state index >= 15 is 0 Å². The van der Waals surface area contributed by atoms with Crippen molar-refractivity contribution in [2.24, 2.45) is 22.7 Å². The molecule has 22 heavy (non-hydrogen) atoms. The highest BCUT2D eigenvalue weighted by molar-refractivity contribution is 5.95. The van der Waals surface area contributed by atoms with Crippen molar-refractivity contribution in [3.05, 3.63) is 29.8 Å². The fourth-order valence-corrected chi connectivity index (χ4v) is 5.16. The molecule has 6 rings (SSSR count). The molecule has 4 fully saturated rings. The fraction of sp³-hybridized carbons (Fsp3) is 0.611. The van der Waals surface area contributed by atoms with E-state index in [1.807, 2.05) is 18.2 Å². The van der Waals surface area contributed by atoms with Crippen LogP contribution < -0.4 is 4.74 Å². The van der Waals surface area contributed by atoms with Gasteiger partial charge in [-0.15, -0.1) is 5.06 Å². The van der Waals surface area contributed by atoms with Gasteiger partial charge in [-0.2, -0.15) is 0 Å². The maximum absolute atomic E-state index is 6.24. The Bertz CT molecular complexity index is 615. The summed E-state index contributed by atoms with van der Waals surface area (Å²) in [7, 11) is 1.69. The zero-order valence-electron chi connectivity index (χ0n) is 12.9. The van der Waals surface area contributed by atoms with Crippen molar-refractivity contribution >= 4 is 5.90 Å². The molecular formula is C18H22N2O2. The van der Waals surface area contributed by atoms with Crippen LogP contribution in [0.15, 0.2) is 29.3 Å². The number of ether oxygens (including phenoxy) is 1. The van der Waals surface area contributed by atoms with Crippen LogP contribution in [0.3, 0.4) is 0 Å². The predicted octanol–water partition coefficient (Wildman–Crippen LogP) is 3.22. The molecule has 2 saturated carbocycles. The molecule has 0 radical (unpaired) electrons. The molecule has 3 aliphatic heterocycles. The summed E-state index contributed by atoms with van der Waals surface area (Å²) in [5, 5.41) is 2.23. The van der Waals surface area contributed by atoms with Crippen LogP contribution >= 0.6 is 0 Å². The van der Waals surface area contributed by atoms with E-state index in [0.717, 1.165) is 29.0 Å². The number of methoxy groups -OCH3 is 1. The SMILES string of the molecule is COc1cccc(C2=NC3C4C[C@@H]5CC(C[C@H](C4)C5)N3O2)c1. The van der Waals surface area contributed by atoms with E-state index in [1.165, 1.54) is 32.1 Å². The molecule has 5 atom stereocenters. The van der Waals surface area contributed by atoms with Crippen molar-refractivity contribution in [1.82, 2.24) is 5.06 Å². The van der Waals surface area contributed by atoms with E-state index in [2.05, 4.69) is 11.1 Å². The summed E-state index contributed by atoms with van der Waals surface area (Å²) in [6.07, 6.45) is 6.95. The number of rotatable bonds is 2. The van der Waals surface area contributed by atoms with Gasteiger partial charge in [-0.25, -0.2) is 4.99 Å². The summed E-state index contributed by atoms with van der Waals surface area (Å²) in [5.41, 5.74) is 1.02. The van der Waals surface area contributed by atoms with Crippen LogP contribution in [0.1, 0.15) is 37.7 Å². The Morgan fingerprint density at radius 2 is 1.95 bits per heavy atom. The molecule has 3 heterocycles. The van der Waals surface area contributed by atoms with Crippen molar-refractivity contribution in [1.29, 1.82) is 0 Å². The van der Waals surface area contributed by atoms with Gasteiger partial charge in [0.1, 0.15) is 11.9 Å². The quantitative estimate of drug-likeness (QED) is 0.840. The minimum Gasteiger partial charge on any atom is -0.497 e. The second-order valence-corrected chi connectivity index (χ2v) is 7.36. The van der Waals surface area contributed by atoms with Crippen LogP contribution in [0.5, 0.6) is 5.75 Å². The normalized spacial score (nSPS) is 39.1. The Morgan fingerprint density at radius 1 is 1.14 bits per heavy atom. The molecule has 116 valence electrons. The second kappa shape index (κ2) is 4.72. The van der Waals surface area contributed by atoms with E-state index in [9.17, 15) is 0 Å². The maximum Gasteiger partial charge on any atom is 0.242 e. The third-order valence-corrected chi connectivity index (χ3v) is 5.95. The van der Waals surface area contributed by atoms with Crippen LogP contribution in [-0.4, -0.2) is 30.3 Å². The molecular weight excluding hydrogens is 276 g/mol. The molecule has 5 aliphatic rings. The molecule has 4 bridgehead atoms. The van der Waals surface area contributed by atoms with Crippen molar-refractivity contribution in [2.45, 2.75) is 44.3 Å². The number of hydrogen-bond acceptors (Lipinski definition) is 4. The summed E-state index contributed by atoms with van der Waals surface area (Å²) in [6.45, 7) is 0. The van der Waals surface area contributed by atoms with Crippen LogP contribution in [0.25, 0.3) is 0 Å². The van der Waals surface area contributed by atoms with Gasteiger partial charge in [-0.05, 0) is 68.1 Å². The Hall–Kier alpha value is -1.55. The molecule has 0 amide bonds. The second-order valence-electron chi connectivity index (χ2n) is 7.36. The smallest absolute Gasteiger partial charge is 0.242 e. The first-order chi connectivity index (χ1) is 10.8. The molecule has 2 aliphatic carbocycles. The van der Waals surface area contributed by atoms with Gasteiger partial charge in [-0.3, -0.25) is 0 Å². The Labute approximate surface area is 131 Å². The van der Waals surface area contributed by atoms with Gasteiger partial charge in [0.2, 0.25) is 5.90 Å². The van der Waals surface area contributed by atoms with Gasteiger partial charge in [0.05, 0.1) is 7.11 Å². The summed E-state index contributed by atoms with van der Waals surface area (Å²) in [5.74, 6) is 4.13. The highest BCUT2D eigenvalue weighted by Gasteiger charge is 2.51.